The van der Waals surface area contributed by atoms with Gasteiger partial charge in [-0.15, -0.1) is 0 Å². The van der Waals surface area contributed by atoms with E-state index < -0.39 is 0 Å². The van der Waals surface area contributed by atoms with Crippen LogP contribution in [0.3, 0.4) is 0 Å². The molecule has 0 unspecified atom stereocenters. The summed E-state index contributed by atoms with van der Waals surface area (Å²) in [4.78, 5) is 0. The maximum Gasteiger partial charge on any atom is -0.0411 e. The summed E-state index contributed by atoms with van der Waals surface area (Å²) < 4.78 is 0. The summed E-state index contributed by atoms with van der Waals surface area (Å²) >= 11 is 0. The minimum Gasteiger partial charge on any atom is -0.0776 e. The van der Waals surface area contributed by atoms with Crippen LogP contribution < -0.4 is 0 Å². The molecule has 0 aromatic heterocycles. The Morgan fingerprint density at radius 2 is 0.455 bits per heavy atom. The SMILES string of the molecule is C.C.C.C.CC1CCC(CC2CCC(CC3CCC(CC4CCC(C)CC4)CC3)CC2)CC1. The highest BCUT2D eigenvalue weighted by Gasteiger charge is 2.30. The van der Waals surface area contributed by atoms with Crippen molar-refractivity contribution in [2.75, 3.05) is 0 Å². The van der Waals surface area contributed by atoms with Gasteiger partial charge in [-0.25, -0.2) is 0 Å². The third-order valence-electron chi connectivity index (χ3n) is 10.2. The van der Waals surface area contributed by atoms with Gasteiger partial charge in [0.05, 0.1) is 0 Å². The molecule has 0 radical (unpaired) electrons. The highest BCUT2D eigenvalue weighted by Crippen LogP contribution is 2.43. The lowest BCUT2D eigenvalue weighted by molar-refractivity contribution is 0.154. The molecule has 4 aliphatic carbocycles. The monoisotopic (exact) mass is 465 g/mol. The second-order valence-corrected chi connectivity index (χ2v) is 12.7. The van der Waals surface area contributed by atoms with E-state index in [1.54, 1.807) is 96.3 Å². The molecule has 0 heterocycles. The van der Waals surface area contributed by atoms with E-state index in [4.69, 9.17) is 0 Å². The van der Waals surface area contributed by atoms with Crippen LogP contribution in [-0.2, 0) is 0 Å². The van der Waals surface area contributed by atoms with Crippen LogP contribution in [0.2, 0.25) is 0 Å². The van der Waals surface area contributed by atoms with Crippen molar-refractivity contribution in [1.82, 2.24) is 0 Å². The Hall–Kier alpha value is 0. The van der Waals surface area contributed by atoms with E-state index in [-0.39, 0.29) is 29.7 Å². The molecule has 0 bridgehead atoms. The van der Waals surface area contributed by atoms with Crippen molar-refractivity contribution < 1.29 is 0 Å². The van der Waals surface area contributed by atoms with E-state index in [0.29, 0.717) is 0 Å². The zero-order valence-corrected chi connectivity index (χ0v) is 20.1. The van der Waals surface area contributed by atoms with Crippen molar-refractivity contribution in [2.45, 2.75) is 166 Å². The van der Waals surface area contributed by atoms with Crippen LogP contribution in [0, 0.1) is 47.3 Å². The van der Waals surface area contributed by atoms with E-state index in [2.05, 4.69) is 13.8 Å². The van der Waals surface area contributed by atoms with E-state index in [9.17, 15) is 0 Å². The fourth-order valence-corrected chi connectivity index (χ4v) is 7.95. The summed E-state index contributed by atoms with van der Waals surface area (Å²) in [7, 11) is 0. The second-order valence-electron chi connectivity index (χ2n) is 12.7. The van der Waals surface area contributed by atoms with Crippen LogP contribution in [0.15, 0.2) is 0 Å². The number of rotatable bonds is 6. The van der Waals surface area contributed by atoms with E-state index in [0.717, 1.165) is 47.3 Å². The van der Waals surface area contributed by atoms with Crippen LogP contribution in [0.25, 0.3) is 0 Å². The molecular formula is C33H68. The predicted octanol–water partition coefficient (Wildman–Crippen LogP) is 12.0. The summed E-state index contributed by atoms with van der Waals surface area (Å²) in [5, 5.41) is 0. The third kappa shape index (κ3) is 10.7. The summed E-state index contributed by atoms with van der Waals surface area (Å²) in [6, 6.07) is 0. The lowest BCUT2D eigenvalue weighted by Crippen LogP contribution is -2.24. The van der Waals surface area contributed by atoms with Gasteiger partial charge in [0.25, 0.3) is 0 Å². The van der Waals surface area contributed by atoms with Crippen LogP contribution in [0.1, 0.15) is 166 Å². The highest BCUT2D eigenvalue weighted by molar-refractivity contribution is 4.82. The zero-order valence-electron chi connectivity index (χ0n) is 20.1. The van der Waals surface area contributed by atoms with E-state index >= 15 is 0 Å². The van der Waals surface area contributed by atoms with Gasteiger partial charge in [-0.05, 0) is 66.6 Å². The molecule has 4 fully saturated rings. The molecule has 0 aliphatic heterocycles. The maximum atomic E-state index is 2.46. The Balaban J connectivity index is 0.00000256. The Morgan fingerprint density at radius 3 is 0.636 bits per heavy atom. The molecule has 0 heteroatoms. The van der Waals surface area contributed by atoms with Crippen molar-refractivity contribution in [3.05, 3.63) is 0 Å². The molecule has 0 aromatic rings. The number of hydrogen-bond acceptors (Lipinski definition) is 0. The van der Waals surface area contributed by atoms with Gasteiger partial charge in [-0.3, -0.25) is 0 Å². The molecule has 4 rings (SSSR count). The van der Waals surface area contributed by atoms with Crippen molar-refractivity contribution in [1.29, 1.82) is 0 Å². The number of hydrogen-bond donors (Lipinski definition) is 0. The van der Waals surface area contributed by atoms with Gasteiger partial charge in [-0.2, -0.15) is 0 Å². The lowest BCUT2D eigenvalue weighted by atomic mass is 9.69. The summed E-state index contributed by atoms with van der Waals surface area (Å²) in [5.41, 5.74) is 0. The zero-order chi connectivity index (χ0) is 20.1. The van der Waals surface area contributed by atoms with E-state index in [1.807, 2.05) is 0 Å². The smallest absolute Gasteiger partial charge is 0.0411 e. The maximum absolute atomic E-state index is 2.46. The predicted molar refractivity (Wildman–Crippen MR) is 154 cm³/mol. The Kier molecular flexibility index (Phi) is 16.6. The largest absolute Gasteiger partial charge is 0.0776 e. The minimum atomic E-state index is 0. The molecular weight excluding hydrogens is 396 g/mol. The molecule has 33 heavy (non-hydrogen) atoms. The first kappa shape index (κ1) is 33.0. The average molecular weight is 465 g/mol. The summed E-state index contributed by atoms with van der Waals surface area (Å²) in [6.45, 7) is 4.93. The fraction of sp³-hybridized carbons (Fsp3) is 1.00. The third-order valence-corrected chi connectivity index (χ3v) is 10.2. The van der Waals surface area contributed by atoms with Crippen LogP contribution in [0.4, 0.5) is 0 Å². The molecule has 200 valence electrons. The van der Waals surface area contributed by atoms with Gasteiger partial charge in [-0.1, -0.05) is 146 Å². The Labute approximate surface area is 212 Å². The molecule has 0 nitrogen and oxygen atoms in total. The van der Waals surface area contributed by atoms with Crippen molar-refractivity contribution in [3.63, 3.8) is 0 Å². The Morgan fingerprint density at radius 1 is 0.303 bits per heavy atom. The Bertz CT molecular complexity index is 393. The van der Waals surface area contributed by atoms with Gasteiger partial charge >= 0.3 is 0 Å². The van der Waals surface area contributed by atoms with Gasteiger partial charge in [0.1, 0.15) is 0 Å². The fourth-order valence-electron chi connectivity index (χ4n) is 7.95. The van der Waals surface area contributed by atoms with Crippen LogP contribution >= 0.6 is 0 Å². The molecule has 0 atom stereocenters. The molecule has 0 saturated heterocycles. The van der Waals surface area contributed by atoms with Crippen molar-refractivity contribution in [3.8, 4) is 0 Å². The minimum absolute atomic E-state index is 0. The molecule has 0 aromatic carbocycles. The van der Waals surface area contributed by atoms with Gasteiger partial charge in [0.2, 0.25) is 0 Å². The molecule has 4 saturated carbocycles. The molecule has 0 N–H and O–H groups in total. The quantitative estimate of drug-likeness (QED) is 0.366. The first-order valence-electron chi connectivity index (χ1n) is 14.1. The lowest BCUT2D eigenvalue weighted by Gasteiger charge is -2.37. The van der Waals surface area contributed by atoms with Gasteiger partial charge < -0.3 is 0 Å². The standard InChI is InChI=1S/C29H52.4CH4/c1-22-3-7-24(8-4-22)19-26-11-15-28(16-12-26)21-29-17-13-27(14-18-29)20-25-9-5-23(2)6-10-25;;;;/h22-29H,3-21H2,1-2H3;4*1H4. The second kappa shape index (κ2) is 16.6. The van der Waals surface area contributed by atoms with Crippen LogP contribution in [-0.4, -0.2) is 0 Å². The van der Waals surface area contributed by atoms with Gasteiger partial charge in [0, 0.05) is 0 Å². The molecule has 4 aliphatic rings. The molecule has 0 amide bonds. The first-order chi connectivity index (χ1) is 14.1. The first-order valence-corrected chi connectivity index (χ1v) is 14.1. The summed E-state index contributed by atoms with van der Waals surface area (Å²) in [6.07, 6.45) is 29.6. The van der Waals surface area contributed by atoms with E-state index in [1.165, 1.54) is 25.7 Å². The van der Waals surface area contributed by atoms with Crippen molar-refractivity contribution >= 4 is 0 Å². The molecule has 0 spiro atoms. The van der Waals surface area contributed by atoms with Crippen molar-refractivity contribution in [2.24, 2.45) is 47.3 Å². The van der Waals surface area contributed by atoms with Gasteiger partial charge in [0.15, 0.2) is 0 Å². The highest BCUT2D eigenvalue weighted by atomic mass is 14.4. The topological polar surface area (TPSA) is 0 Å². The average Bonchev–Trinajstić information content (AvgIpc) is 2.74. The summed E-state index contributed by atoms with van der Waals surface area (Å²) in [5.74, 6) is 8.60. The normalized spacial score (nSPS) is 39.1. The van der Waals surface area contributed by atoms with Crippen LogP contribution in [0.5, 0.6) is 0 Å².